The van der Waals surface area contributed by atoms with Gasteiger partial charge in [0, 0.05) is 12.4 Å². The fourth-order valence-corrected chi connectivity index (χ4v) is 1.74. The Balaban J connectivity index is 2.63. The van der Waals surface area contributed by atoms with Crippen LogP contribution in [0, 0.1) is 5.92 Å². The van der Waals surface area contributed by atoms with Gasteiger partial charge in [0.15, 0.2) is 0 Å². The van der Waals surface area contributed by atoms with Gasteiger partial charge < -0.3 is 5.11 Å². The van der Waals surface area contributed by atoms with Gasteiger partial charge in [0.2, 0.25) is 0 Å². The van der Waals surface area contributed by atoms with Gasteiger partial charge in [0.25, 0.3) is 0 Å². The van der Waals surface area contributed by atoms with Crippen LogP contribution in [0.1, 0.15) is 18.9 Å². The van der Waals surface area contributed by atoms with E-state index in [1.54, 1.807) is 12.4 Å². The highest BCUT2D eigenvalue weighted by atomic mass is 32.1. The number of carboxylic acid groups (broad SMARTS) is 1. The van der Waals surface area contributed by atoms with Crippen molar-refractivity contribution in [2.24, 2.45) is 5.92 Å². The van der Waals surface area contributed by atoms with Crippen LogP contribution in [0.2, 0.25) is 0 Å². The molecular formula is C11H15NO2S. The minimum atomic E-state index is -0.764. The Labute approximate surface area is 95.0 Å². The maximum absolute atomic E-state index is 11.0. The molecule has 3 nitrogen and oxygen atoms in total. The SMILES string of the molecule is CC(S)CC(Cc1cccnc1)C(=O)O. The highest BCUT2D eigenvalue weighted by Gasteiger charge is 2.19. The molecule has 0 radical (unpaired) electrons. The van der Waals surface area contributed by atoms with Crippen molar-refractivity contribution >= 4 is 18.6 Å². The first-order valence-electron chi connectivity index (χ1n) is 4.89. The first-order chi connectivity index (χ1) is 7.09. The maximum atomic E-state index is 11.0. The molecular weight excluding hydrogens is 210 g/mol. The monoisotopic (exact) mass is 225 g/mol. The van der Waals surface area contributed by atoms with Crippen molar-refractivity contribution in [1.82, 2.24) is 4.98 Å². The molecule has 0 saturated heterocycles. The average molecular weight is 225 g/mol. The Bertz CT molecular complexity index is 314. The zero-order chi connectivity index (χ0) is 11.3. The van der Waals surface area contributed by atoms with E-state index in [1.807, 2.05) is 19.1 Å². The first-order valence-corrected chi connectivity index (χ1v) is 5.41. The normalized spacial score (nSPS) is 14.5. The lowest BCUT2D eigenvalue weighted by molar-refractivity contribution is -0.141. The molecule has 0 fully saturated rings. The number of aliphatic carboxylic acids is 1. The largest absolute Gasteiger partial charge is 0.481 e. The Morgan fingerprint density at radius 2 is 2.40 bits per heavy atom. The van der Waals surface area contributed by atoms with Gasteiger partial charge in [-0.05, 0) is 29.7 Å². The van der Waals surface area contributed by atoms with Gasteiger partial charge in [0.05, 0.1) is 5.92 Å². The molecule has 0 spiro atoms. The van der Waals surface area contributed by atoms with E-state index in [4.69, 9.17) is 5.11 Å². The molecule has 1 aromatic heterocycles. The van der Waals surface area contributed by atoms with E-state index >= 15 is 0 Å². The Morgan fingerprint density at radius 1 is 1.67 bits per heavy atom. The fourth-order valence-electron chi connectivity index (χ4n) is 1.49. The zero-order valence-corrected chi connectivity index (χ0v) is 9.52. The van der Waals surface area contributed by atoms with E-state index in [1.165, 1.54) is 0 Å². The molecule has 0 aromatic carbocycles. The van der Waals surface area contributed by atoms with Crippen LogP contribution in [0.25, 0.3) is 0 Å². The van der Waals surface area contributed by atoms with Gasteiger partial charge in [0.1, 0.15) is 0 Å². The van der Waals surface area contributed by atoms with Gasteiger partial charge in [-0.2, -0.15) is 12.6 Å². The van der Waals surface area contributed by atoms with Crippen LogP contribution >= 0.6 is 12.6 Å². The third-order valence-corrected chi connectivity index (χ3v) is 2.39. The van der Waals surface area contributed by atoms with Crippen LogP contribution in [0.5, 0.6) is 0 Å². The Morgan fingerprint density at radius 3 is 2.87 bits per heavy atom. The van der Waals surface area contributed by atoms with Crippen LogP contribution in [0.4, 0.5) is 0 Å². The van der Waals surface area contributed by atoms with E-state index in [2.05, 4.69) is 17.6 Å². The molecule has 15 heavy (non-hydrogen) atoms. The molecule has 2 atom stereocenters. The zero-order valence-electron chi connectivity index (χ0n) is 8.63. The smallest absolute Gasteiger partial charge is 0.306 e. The number of aromatic nitrogens is 1. The quantitative estimate of drug-likeness (QED) is 0.754. The molecule has 2 unspecified atom stereocenters. The summed E-state index contributed by atoms with van der Waals surface area (Å²) in [6.45, 7) is 1.91. The summed E-state index contributed by atoms with van der Waals surface area (Å²) in [5.74, 6) is -1.14. The Hall–Kier alpha value is -1.03. The average Bonchev–Trinajstić information content (AvgIpc) is 2.17. The van der Waals surface area contributed by atoms with Crippen molar-refractivity contribution in [3.05, 3.63) is 30.1 Å². The van der Waals surface area contributed by atoms with Crippen LogP contribution in [0.3, 0.4) is 0 Å². The molecule has 0 aliphatic carbocycles. The topological polar surface area (TPSA) is 50.2 Å². The molecule has 4 heteroatoms. The molecule has 0 amide bonds. The second kappa shape index (κ2) is 5.75. The van der Waals surface area contributed by atoms with Crippen LogP contribution in [-0.2, 0) is 11.2 Å². The summed E-state index contributed by atoms with van der Waals surface area (Å²) in [6.07, 6.45) is 4.49. The van der Waals surface area contributed by atoms with Crippen molar-refractivity contribution in [2.75, 3.05) is 0 Å². The summed E-state index contributed by atoms with van der Waals surface area (Å²) in [5, 5.41) is 9.13. The number of thiol groups is 1. The predicted molar refractivity (Wildman–Crippen MR) is 62.1 cm³/mol. The van der Waals surface area contributed by atoms with Gasteiger partial charge in [-0.15, -0.1) is 0 Å². The van der Waals surface area contributed by atoms with Crippen molar-refractivity contribution in [2.45, 2.75) is 25.0 Å². The fraction of sp³-hybridized carbons (Fsp3) is 0.455. The second-order valence-electron chi connectivity index (χ2n) is 3.69. The molecule has 0 aliphatic heterocycles. The summed E-state index contributed by atoms with van der Waals surface area (Å²) < 4.78 is 0. The number of nitrogens with zero attached hydrogens (tertiary/aromatic N) is 1. The number of pyridine rings is 1. The molecule has 82 valence electrons. The summed E-state index contributed by atoms with van der Waals surface area (Å²) in [5.41, 5.74) is 0.957. The van der Waals surface area contributed by atoms with E-state index in [-0.39, 0.29) is 11.2 Å². The summed E-state index contributed by atoms with van der Waals surface area (Å²) >= 11 is 4.22. The second-order valence-corrected chi connectivity index (χ2v) is 4.57. The highest BCUT2D eigenvalue weighted by Crippen LogP contribution is 2.16. The molecule has 0 saturated carbocycles. The molecule has 1 N–H and O–H groups in total. The minimum Gasteiger partial charge on any atom is -0.481 e. The van der Waals surface area contributed by atoms with Crippen LogP contribution in [-0.4, -0.2) is 21.3 Å². The van der Waals surface area contributed by atoms with E-state index in [0.29, 0.717) is 12.8 Å². The third kappa shape index (κ3) is 4.34. The van der Waals surface area contributed by atoms with Gasteiger partial charge >= 0.3 is 5.97 Å². The lowest BCUT2D eigenvalue weighted by atomic mass is 9.96. The van der Waals surface area contributed by atoms with E-state index in [0.717, 1.165) is 5.56 Å². The lowest BCUT2D eigenvalue weighted by Crippen LogP contribution is -2.19. The van der Waals surface area contributed by atoms with Crippen LogP contribution < -0.4 is 0 Å². The number of hydrogen-bond acceptors (Lipinski definition) is 3. The summed E-state index contributed by atoms with van der Waals surface area (Å²) in [4.78, 5) is 14.9. The molecule has 0 aliphatic rings. The Kier molecular flexibility index (Phi) is 4.62. The maximum Gasteiger partial charge on any atom is 0.306 e. The number of hydrogen-bond donors (Lipinski definition) is 2. The standard InChI is InChI=1S/C11H15NO2S/c1-8(15)5-10(11(13)14)6-9-3-2-4-12-7-9/h2-4,7-8,10,15H,5-6H2,1H3,(H,13,14). The highest BCUT2D eigenvalue weighted by molar-refractivity contribution is 7.80. The number of carboxylic acids is 1. The van der Waals surface area contributed by atoms with Crippen molar-refractivity contribution in [1.29, 1.82) is 0 Å². The molecule has 1 aromatic rings. The van der Waals surface area contributed by atoms with Gasteiger partial charge in [-0.25, -0.2) is 0 Å². The van der Waals surface area contributed by atoms with Gasteiger partial charge in [-0.3, -0.25) is 9.78 Å². The first kappa shape index (κ1) is 12.0. The van der Waals surface area contributed by atoms with E-state index in [9.17, 15) is 4.79 Å². The van der Waals surface area contributed by atoms with Crippen molar-refractivity contribution in [3.8, 4) is 0 Å². The molecule has 1 heterocycles. The van der Waals surface area contributed by atoms with Crippen molar-refractivity contribution < 1.29 is 9.90 Å². The lowest BCUT2D eigenvalue weighted by Gasteiger charge is -2.13. The van der Waals surface area contributed by atoms with E-state index < -0.39 is 5.97 Å². The van der Waals surface area contributed by atoms with Gasteiger partial charge in [-0.1, -0.05) is 13.0 Å². The van der Waals surface area contributed by atoms with Crippen LogP contribution in [0.15, 0.2) is 24.5 Å². The number of rotatable bonds is 5. The minimum absolute atomic E-state index is 0.0998. The molecule has 1 rings (SSSR count). The van der Waals surface area contributed by atoms with Crippen molar-refractivity contribution in [3.63, 3.8) is 0 Å². The third-order valence-electron chi connectivity index (χ3n) is 2.18. The summed E-state index contributed by atoms with van der Waals surface area (Å²) in [7, 11) is 0. The predicted octanol–water partition coefficient (Wildman–Crippen LogP) is 2.03. The summed E-state index contributed by atoms with van der Waals surface area (Å²) in [6, 6.07) is 3.71. The number of carbonyl (C=O) groups is 1. The molecule has 0 bridgehead atoms.